The molecule has 1 unspecified atom stereocenters. The molecule has 6 aromatic rings. The standard InChI is InChI=1S/C35H21BrS/c36-24-17-18-30-28(21-24)26-12-4-3-11-25(26)27-13-5-6-14-29(27)35(30)31-15-7-8-16-33(31)37-34-20-23-10-2-1-9-22(23)19-32(34)35/h1-21H. The molecule has 174 valence electrons. The molecule has 1 aliphatic heterocycles. The van der Waals surface area contributed by atoms with Gasteiger partial charge in [-0.1, -0.05) is 125 Å². The number of benzene rings is 6. The lowest BCUT2D eigenvalue weighted by molar-refractivity contribution is 0.710. The molecule has 0 nitrogen and oxygen atoms in total. The van der Waals surface area contributed by atoms with Crippen molar-refractivity contribution in [3.63, 3.8) is 0 Å². The highest BCUT2D eigenvalue weighted by molar-refractivity contribution is 9.10. The van der Waals surface area contributed by atoms with Crippen LogP contribution in [-0.2, 0) is 5.41 Å². The first-order valence-corrected chi connectivity index (χ1v) is 14.2. The van der Waals surface area contributed by atoms with Crippen LogP contribution in [0.3, 0.4) is 0 Å². The molecule has 0 N–H and O–H groups in total. The first-order valence-electron chi connectivity index (χ1n) is 12.5. The van der Waals surface area contributed by atoms with Crippen LogP contribution < -0.4 is 0 Å². The maximum Gasteiger partial charge on any atom is 0.0735 e. The lowest BCUT2D eigenvalue weighted by atomic mass is 9.63. The third-order valence-corrected chi connectivity index (χ3v) is 9.61. The maximum absolute atomic E-state index is 3.81. The van der Waals surface area contributed by atoms with Crippen LogP contribution in [0.4, 0.5) is 0 Å². The SMILES string of the molecule is Brc1ccc2c(c1)-c1ccccc1-c1ccccc1C21c2ccccc2Sc2cc3ccccc3cc21. The quantitative estimate of drug-likeness (QED) is 0.180. The fourth-order valence-corrected chi connectivity index (χ4v) is 8.10. The zero-order chi connectivity index (χ0) is 24.6. The normalized spacial score (nSPS) is 16.8. The molecule has 0 saturated carbocycles. The van der Waals surface area contributed by atoms with E-state index in [-0.39, 0.29) is 0 Å². The molecule has 2 heteroatoms. The Bertz CT molecular complexity index is 1890. The van der Waals surface area contributed by atoms with Gasteiger partial charge in [-0.2, -0.15) is 0 Å². The average molecular weight is 554 g/mol. The summed E-state index contributed by atoms with van der Waals surface area (Å²) in [5, 5.41) is 2.56. The third-order valence-electron chi connectivity index (χ3n) is 7.99. The van der Waals surface area contributed by atoms with Crippen molar-refractivity contribution in [2.75, 3.05) is 0 Å². The molecule has 1 aliphatic carbocycles. The van der Waals surface area contributed by atoms with Crippen LogP contribution in [0.25, 0.3) is 33.0 Å². The molecule has 8 rings (SSSR count). The van der Waals surface area contributed by atoms with Crippen LogP contribution in [0, 0.1) is 0 Å². The molecule has 0 amide bonds. The minimum absolute atomic E-state index is 0.452. The molecular formula is C35H21BrS. The van der Waals surface area contributed by atoms with Gasteiger partial charge in [0.15, 0.2) is 0 Å². The number of fused-ring (bicyclic) bond motifs is 12. The van der Waals surface area contributed by atoms with Crippen LogP contribution in [0.5, 0.6) is 0 Å². The summed E-state index contributed by atoms with van der Waals surface area (Å²) < 4.78 is 1.10. The Balaban J connectivity index is 1.65. The van der Waals surface area contributed by atoms with Gasteiger partial charge in [-0.3, -0.25) is 0 Å². The van der Waals surface area contributed by atoms with E-state index in [1.807, 2.05) is 11.8 Å². The van der Waals surface area contributed by atoms with Gasteiger partial charge in [-0.05, 0) is 85.6 Å². The van der Waals surface area contributed by atoms with Gasteiger partial charge in [0.1, 0.15) is 0 Å². The maximum atomic E-state index is 3.81. The van der Waals surface area contributed by atoms with Crippen LogP contribution in [0.1, 0.15) is 22.3 Å². The highest BCUT2D eigenvalue weighted by Gasteiger charge is 2.48. The van der Waals surface area contributed by atoms with E-state index in [0.29, 0.717) is 0 Å². The molecule has 0 saturated heterocycles. The van der Waals surface area contributed by atoms with Gasteiger partial charge in [0.05, 0.1) is 5.41 Å². The van der Waals surface area contributed by atoms with Crippen molar-refractivity contribution in [2.24, 2.45) is 0 Å². The van der Waals surface area contributed by atoms with Gasteiger partial charge >= 0.3 is 0 Å². The molecule has 0 bridgehead atoms. The van der Waals surface area contributed by atoms with Crippen molar-refractivity contribution in [1.82, 2.24) is 0 Å². The zero-order valence-electron chi connectivity index (χ0n) is 19.9. The molecule has 2 aliphatic rings. The summed E-state index contributed by atoms with van der Waals surface area (Å²) in [5.41, 5.74) is 10.1. The summed E-state index contributed by atoms with van der Waals surface area (Å²) in [5.74, 6) is 0. The van der Waals surface area contributed by atoms with E-state index in [2.05, 4.69) is 143 Å². The number of hydrogen-bond acceptors (Lipinski definition) is 1. The molecule has 1 spiro atoms. The largest absolute Gasteiger partial charge is 0.0894 e. The summed E-state index contributed by atoms with van der Waals surface area (Å²) in [7, 11) is 0. The Morgan fingerprint density at radius 3 is 1.84 bits per heavy atom. The van der Waals surface area contributed by atoms with Crippen LogP contribution in [0.15, 0.2) is 142 Å². The Morgan fingerprint density at radius 2 is 1.03 bits per heavy atom. The number of halogens is 1. The van der Waals surface area contributed by atoms with Gasteiger partial charge in [0, 0.05) is 14.3 Å². The van der Waals surface area contributed by atoms with Crippen LogP contribution in [-0.4, -0.2) is 0 Å². The summed E-state index contributed by atoms with van der Waals surface area (Å²) in [4.78, 5) is 2.65. The summed E-state index contributed by atoms with van der Waals surface area (Å²) in [6, 6.07) is 47.4. The van der Waals surface area contributed by atoms with Crippen LogP contribution in [0.2, 0.25) is 0 Å². The predicted octanol–water partition coefficient (Wildman–Crippen LogP) is 10.1. The second-order valence-electron chi connectivity index (χ2n) is 9.82. The molecule has 1 atom stereocenters. The lowest BCUT2D eigenvalue weighted by Gasteiger charge is -2.43. The van der Waals surface area contributed by atoms with Gasteiger partial charge in [-0.15, -0.1) is 0 Å². The molecular weight excluding hydrogens is 532 g/mol. The van der Waals surface area contributed by atoms with E-state index in [0.717, 1.165) is 4.47 Å². The van der Waals surface area contributed by atoms with E-state index in [9.17, 15) is 0 Å². The average Bonchev–Trinajstić information content (AvgIpc) is 3.05. The van der Waals surface area contributed by atoms with E-state index >= 15 is 0 Å². The minimum Gasteiger partial charge on any atom is -0.0894 e. The van der Waals surface area contributed by atoms with E-state index in [4.69, 9.17) is 0 Å². The van der Waals surface area contributed by atoms with Gasteiger partial charge < -0.3 is 0 Å². The van der Waals surface area contributed by atoms with Gasteiger partial charge in [0.2, 0.25) is 0 Å². The van der Waals surface area contributed by atoms with Crippen molar-refractivity contribution in [3.8, 4) is 22.3 Å². The summed E-state index contributed by atoms with van der Waals surface area (Å²) in [6.45, 7) is 0. The van der Waals surface area contributed by atoms with Crippen molar-refractivity contribution in [3.05, 3.63) is 154 Å². The van der Waals surface area contributed by atoms with Crippen LogP contribution >= 0.6 is 27.7 Å². The smallest absolute Gasteiger partial charge is 0.0735 e. The van der Waals surface area contributed by atoms with Gasteiger partial charge in [-0.25, -0.2) is 0 Å². The van der Waals surface area contributed by atoms with E-state index < -0.39 is 5.41 Å². The van der Waals surface area contributed by atoms with Crippen molar-refractivity contribution in [2.45, 2.75) is 15.2 Å². The highest BCUT2D eigenvalue weighted by Crippen LogP contribution is 2.61. The number of rotatable bonds is 0. The topological polar surface area (TPSA) is 0 Å². The monoisotopic (exact) mass is 552 g/mol. The second kappa shape index (κ2) is 7.95. The van der Waals surface area contributed by atoms with Gasteiger partial charge in [0.25, 0.3) is 0 Å². The molecule has 0 aromatic heterocycles. The Kier molecular flexibility index (Phi) is 4.62. The fraction of sp³-hybridized carbons (Fsp3) is 0.0286. The Hall–Kier alpha value is -3.59. The molecule has 0 fully saturated rings. The first kappa shape index (κ1) is 21.5. The first-order chi connectivity index (χ1) is 18.2. The second-order valence-corrected chi connectivity index (χ2v) is 11.8. The molecule has 37 heavy (non-hydrogen) atoms. The molecule has 0 radical (unpaired) electrons. The predicted molar refractivity (Wildman–Crippen MR) is 159 cm³/mol. The zero-order valence-corrected chi connectivity index (χ0v) is 22.3. The van der Waals surface area contributed by atoms with E-state index in [1.54, 1.807) is 0 Å². The van der Waals surface area contributed by atoms with Crippen molar-refractivity contribution in [1.29, 1.82) is 0 Å². The minimum atomic E-state index is -0.452. The van der Waals surface area contributed by atoms with E-state index in [1.165, 1.54) is 65.1 Å². The Morgan fingerprint density at radius 1 is 0.432 bits per heavy atom. The lowest BCUT2D eigenvalue weighted by Crippen LogP contribution is -2.34. The summed E-state index contributed by atoms with van der Waals surface area (Å²) in [6.07, 6.45) is 0. The Labute approximate surface area is 229 Å². The summed E-state index contributed by atoms with van der Waals surface area (Å²) >= 11 is 5.71. The molecule has 1 heterocycles. The highest BCUT2D eigenvalue weighted by atomic mass is 79.9. The third kappa shape index (κ3) is 2.91. The van der Waals surface area contributed by atoms with Crippen molar-refractivity contribution < 1.29 is 0 Å². The number of hydrogen-bond donors (Lipinski definition) is 0. The fourth-order valence-electron chi connectivity index (χ4n) is 6.52. The van der Waals surface area contributed by atoms with Crippen molar-refractivity contribution >= 4 is 38.5 Å². The molecule has 6 aromatic carbocycles.